The number of fused-ring (bicyclic) bond motifs is 1. The van der Waals surface area contributed by atoms with Gasteiger partial charge >= 0.3 is 0 Å². The number of rotatable bonds is 7. The number of piperidine rings is 1. The molecule has 3 N–H and O–H groups in total. The first-order valence-corrected chi connectivity index (χ1v) is 13.7. The number of aliphatic hydroxyl groups is 1. The average Bonchev–Trinajstić information content (AvgIpc) is 3.10. The number of aromatic nitrogens is 1. The van der Waals surface area contributed by atoms with Crippen molar-refractivity contribution in [1.82, 2.24) is 9.88 Å². The zero-order chi connectivity index (χ0) is 27.8. The molecule has 0 aliphatic carbocycles. The first-order chi connectivity index (χ1) is 18.5. The Morgan fingerprint density at radius 1 is 1.08 bits per heavy atom. The summed E-state index contributed by atoms with van der Waals surface area (Å²) in [7, 11) is 1.00. The molecular formula is C31H47N5O2. The van der Waals surface area contributed by atoms with Gasteiger partial charge in [0.05, 0.1) is 6.54 Å². The van der Waals surface area contributed by atoms with Crippen molar-refractivity contribution in [2.24, 2.45) is 11.7 Å². The minimum Gasteiger partial charge on any atom is -0.400 e. The topological polar surface area (TPSA) is 85.9 Å². The minimum atomic E-state index is 0.233. The van der Waals surface area contributed by atoms with Crippen LogP contribution in [0.15, 0.2) is 72.6 Å². The molecular weight excluding hydrogens is 474 g/mol. The van der Waals surface area contributed by atoms with Crippen LogP contribution in [0.1, 0.15) is 45.6 Å². The van der Waals surface area contributed by atoms with Gasteiger partial charge in [-0.1, -0.05) is 42.0 Å². The number of hydrogen-bond donors (Lipinski definition) is 2. The molecule has 1 fully saturated rings. The fraction of sp³-hybridized carbons (Fsp3) is 0.484. The number of allylic oxidation sites excluding steroid dienone is 2. The van der Waals surface area contributed by atoms with Crippen molar-refractivity contribution < 1.29 is 9.90 Å². The molecule has 0 spiro atoms. The maximum Gasteiger partial charge on any atom is 0.241 e. The van der Waals surface area contributed by atoms with Crippen molar-refractivity contribution in [3.05, 3.63) is 78.2 Å². The summed E-state index contributed by atoms with van der Waals surface area (Å²) >= 11 is 0. The fourth-order valence-corrected chi connectivity index (χ4v) is 4.70. The van der Waals surface area contributed by atoms with Crippen LogP contribution in [0, 0.1) is 5.92 Å². The Balaban J connectivity index is 0.000000560. The molecule has 0 saturated carbocycles. The van der Waals surface area contributed by atoms with Gasteiger partial charge in [-0.2, -0.15) is 0 Å². The van der Waals surface area contributed by atoms with Crippen LogP contribution in [0.5, 0.6) is 0 Å². The molecule has 0 unspecified atom stereocenters. The van der Waals surface area contributed by atoms with Crippen molar-refractivity contribution in [2.45, 2.75) is 46.6 Å². The van der Waals surface area contributed by atoms with Crippen LogP contribution in [0.2, 0.25) is 0 Å². The Morgan fingerprint density at radius 3 is 2.37 bits per heavy atom. The van der Waals surface area contributed by atoms with Crippen molar-refractivity contribution >= 4 is 17.3 Å². The Hall–Kier alpha value is -3.00. The highest BCUT2D eigenvalue weighted by Crippen LogP contribution is 2.29. The van der Waals surface area contributed by atoms with E-state index in [1.54, 1.807) is 0 Å². The molecule has 1 aromatic carbocycles. The highest BCUT2D eigenvalue weighted by Gasteiger charge is 2.29. The predicted octanol–water partition coefficient (Wildman–Crippen LogP) is 4.63. The number of hydrogen-bond acceptors (Lipinski definition) is 6. The fourth-order valence-electron chi connectivity index (χ4n) is 4.70. The quantitative estimate of drug-likeness (QED) is 0.517. The van der Waals surface area contributed by atoms with Gasteiger partial charge in [0.15, 0.2) is 0 Å². The third kappa shape index (κ3) is 9.71. The normalized spacial score (nSPS) is 16.8. The van der Waals surface area contributed by atoms with E-state index in [4.69, 9.17) is 10.8 Å². The highest BCUT2D eigenvalue weighted by molar-refractivity contribution is 5.96. The number of carbonyl (C=O) groups excluding carboxylic acids is 1. The van der Waals surface area contributed by atoms with Gasteiger partial charge in [-0.05, 0) is 69.7 Å². The highest BCUT2D eigenvalue weighted by atomic mass is 16.2. The number of carbonyl (C=O) groups is 1. The van der Waals surface area contributed by atoms with Crippen LogP contribution < -0.4 is 15.5 Å². The Bertz CT molecular complexity index is 1000. The second kappa shape index (κ2) is 17.5. The smallest absolute Gasteiger partial charge is 0.241 e. The molecule has 2 aliphatic heterocycles. The van der Waals surface area contributed by atoms with Gasteiger partial charge in [0, 0.05) is 70.1 Å². The van der Waals surface area contributed by atoms with E-state index in [-0.39, 0.29) is 5.91 Å². The second-order valence-corrected chi connectivity index (χ2v) is 9.68. The summed E-state index contributed by atoms with van der Waals surface area (Å²) < 4.78 is 0. The van der Waals surface area contributed by atoms with Crippen molar-refractivity contribution in [2.75, 3.05) is 56.2 Å². The van der Waals surface area contributed by atoms with Crippen molar-refractivity contribution in [1.29, 1.82) is 0 Å². The van der Waals surface area contributed by atoms with E-state index in [1.807, 2.05) is 39.2 Å². The molecule has 1 amide bonds. The first kappa shape index (κ1) is 31.2. The Morgan fingerprint density at radius 2 is 1.76 bits per heavy atom. The number of aliphatic hydroxyl groups excluding tert-OH is 1. The molecule has 0 radical (unpaired) electrons. The summed E-state index contributed by atoms with van der Waals surface area (Å²) in [5.74, 6) is 0.770. The molecule has 3 heterocycles. The number of anilines is 2. The predicted molar refractivity (Wildman–Crippen MR) is 159 cm³/mol. The zero-order valence-electron chi connectivity index (χ0n) is 23.7. The maximum atomic E-state index is 13.2. The molecule has 0 atom stereocenters. The molecule has 2 aliphatic rings. The van der Waals surface area contributed by atoms with Crippen molar-refractivity contribution in [3.8, 4) is 0 Å². The van der Waals surface area contributed by atoms with Crippen LogP contribution in [0.25, 0.3) is 0 Å². The standard InChI is InChI=1S/C25H32N4O.C5H11N.CH4O/c1-2-3-6-15-27-19-22-7-4-5-8-24(22)29(25(30)20-27)18-21-11-16-28(17-12-21)23-9-13-26-14-10-23;1-3-5(2)4-6;1-2/h2-5,7-10,13-14,21H,6,11-12,15-20H2,1H3;3H,4,6H2,1-2H3;2H,1H3/b3-2-;5-3+;. The van der Waals surface area contributed by atoms with Crippen LogP contribution in [-0.4, -0.2) is 67.3 Å². The largest absolute Gasteiger partial charge is 0.400 e. The molecule has 2 aromatic rings. The lowest BCUT2D eigenvalue weighted by Gasteiger charge is -2.36. The number of benzene rings is 1. The van der Waals surface area contributed by atoms with Crippen LogP contribution in [-0.2, 0) is 11.3 Å². The van der Waals surface area contributed by atoms with Gasteiger partial charge < -0.3 is 20.6 Å². The van der Waals surface area contributed by atoms with Gasteiger partial charge in [0.25, 0.3) is 0 Å². The summed E-state index contributed by atoms with van der Waals surface area (Å²) in [6.45, 7) is 11.9. The summed E-state index contributed by atoms with van der Waals surface area (Å²) in [6, 6.07) is 12.6. The number of amides is 1. The molecule has 0 bridgehead atoms. The maximum absolute atomic E-state index is 13.2. The molecule has 1 saturated heterocycles. The minimum absolute atomic E-state index is 0.233. The molecule has 7 heteroatoms. The SMILES string of the molecule is C/C=C(\C)CN.C/C=C\CCN1CC(=O)N(CC2CCN(c3ccncc3)CC2)c2ccccc2C1.CO. The van der Waals surface area contributed by atoms with E-state index in [0.29, 0.717) is 19.0 Å². The third-order valence-electron chi connectivity index (χ3n) is 7.08. The molecule has 7 nitrogen and oxygen atoms in total. The van der Waals surface area contributed by atoms with Gasteiger partial charge in [-0.3, -0.25) is 14.7 Å². The lowest BCUT2D eigenvalue weighted by Crippen LogP contribution is -2.43. The Labute approximate surface area is 229 Å². The van der Waals surface area contributed by atoms with Crippen molar-refractivity contribution in [3.63, 3.8) is 0 Å². The lowest BCUT2D eigenvalue weighted by molar-refractivity contribution is -0.119. The summed E-state index contributed by atoms with van der Waals surface area (Å²) in [4.78, 5) is 24.1. The van der Waals surface area contributed by atoms with E-state index in [2.05, 4.69) is 68.2 Å². The molecule has 1 aromatic heterocycles. The number of para-hydroxylation sites is 1. The van der Waals surface area contributed by atoms with E-state index in [1.165, 1.54) is 16.8 Å². The summed E-state index contributed by atoms with van der Waals surface area (Å²) in [5.41, 5.74) is 10.1. The van der Waals surface area contributed by atoms with Gasteiger partial charge in [0.2, 0.25) is 5.91 Å². The zero-order valence-corrected chi connectivity index (χ0v) is 23.7. The van der Waals surface area contributed by atoms with Gasteiger partial charge in [0.1, 0.15) is 0 Å². The number of nitrogens with two attached hydrogens (primary N) is 1. The first-order valence-electron chi connectivity index (χ1n) is 13.7. The van der Waals surface area contributed by atoms with E-state index in [0.717, 1.165) is 64.8 Å². The van der Waals surface area contributed by atoms with E-state index in [9.17, 15) is 4.79 Å². The van der Waals surface area contributed by atoms with Crippen LogP contribution in [0.3, 0.4) is 0 Å². The third-order valence-corrected chi connectivity index (χ3v) is 7.08. The monoisotopic (exact) mass is 521 g/mol. The number of pyridine rings is 1. The van der Waals surface area contributed by atoms with Gasteiger partial charge in [-0.15, -0.1) is 0 Å². The van der Waals surface area contributed by atoms with Crippen LogP contribution >= 0.6 is 0 Å². The number of nitrogens with zero attached hydrogens (tertiary/aromatic N) is 4. The molecule has 208 valence electrons. The summed E-state index contributed by atoms with van der Waals surface area (Å²) in [5, 5.41) is 7.00. The second-order valence-electron chi connectivity index (χ2n) is 9.68. The molecule has 4 rings (SSSR count). The lowest BCUT2D eigenvalue weighted by atomic mass is 9.95. The van der Waals surface area contributed by atoms with E-state index < -0.39 is 0 Å². The van der Waals surface area contributed by atoms with Crippen LogP contribution in [0.4, 0.5) is 11.4 Å². The van der Waals surface area contributed by atoms with E-state index >= 15 is 0 Å². The van der Waals surface area contributed by atoms with Gasteiger partial charge in [-0.25, -0.2) is 0 Å². The average molecular weight is 522 g/mol. The Kier molecular flexibility index (Phi) is 14.4. The molecule has 38 heavy (non-hydrogen) atoms. The summed E-state index contributed by atoms with van der Waals surface area (Å²) in [6.07, 6.45) is 13.2.